The van der Waals surface area contributed by atoms with Crippen molar-refractivity contribution in [3.63, 3.8) is 0 Å². The number of likely N-dealkylation sites (N-methyl/N-ethyl adjacent to an activating group) is 1. The average Bonchev–Trinajstić information content (AvgIpc) is 2.96. The highest BCUT2D eigenvalue weighted by Crippen LogP contribution is 2.47. The lowest BCUT2D eigenvalue weighted by Crippen LogP contribution is -2.47. The van der Waals surface area contributed by atoms with Gasteiger partial charge in [0, 0.05) is 12.5 Å². The maximum Gasteiger partial charge on any atom is 0.264 e. The maximum atomic E-state index is 13.6. The van der Waals surface area contributed by atoms with Gasteiger partial charge in [0.2, 0.25) is 0 Å². The van der Waals surface area contributed by atoms with Crippen molar-refractivity contribution in [2.75, 3.05) is 31.0 Å². The molecule has 0 bridgehead atoms. The van der Waals surface area contributed by atoms with Crippen molar-refractivity contribution in [1.29, 1.82) is 0 Å². The van der Waals surface area contributed by atoms with E-state index in [4.69, 9.17) is 4.74 Å². The summed E-state index contributed by atoms with van der Waals surface area (Å²) in [5.41, 5.74) is 3.15. The van der Waals surface area contributed by atoms with Gasteiger partial charge in [0.15, 0.2) is 0 Å². The van der Waals surface area contributed by atoms with Crippen molar-refractivity contribution in [3.05, 3.63) is 53.6 Å². The molecule has 0 aromatic heterocycles. The second kappa shape index (κ2) is 6.84. The predicted molar refractivity (Wildman–Crippen MR) is 107 cm³/mol. The highest BCUT2D eigenvalue weighted by molar-refractivity contribution is 7.92. The van der Waals surface area contributed by atoms with Crippen molar-refractivity contribution >= 4 is 15.7 Å². The summed E-state index contributed by atoms with van der Waals surface area (Å²) in [4.78, 5) is 2.61. The molecule has 5 nitrogen and oxygen atoms in total. The van der Waals surface area contributed by atoms with E-state index in [9.17, 15) is 8.42 Å². The van der Waals surface area contributed by atoms with Gasteiger partial charge >= 0.3 is 0 Å². The molecule has 2 heterocycles. The molecule has 2 aliphatic heterocycles. The lowest BCUT2D eigenvalue weighted by Gasteiger charge is -2.36. The number of likely N-dealkylation sites (tertiary alicyclic amines) is 1. The first-order chi connectivity index (χ1) is 12.9. The van der Waals surface area contributed by atoms with Gasteiger partial charge in [0.25, 0.3) is 10.0 Å². The maximum absolute atomic E-state index is 13.6. The zero-order chi connectivity index (χ0) is 19.2. The normalized spacial score (nSPS) is 22.4. The van der Waals surface area contributed by atoms with Crippen LogP contribution in [0.15, 0.2) is 47.4 Å². The van der Waals surface area contributed by atoms with E-state index in [2.05, 4.69) is 24.9 Å². The molecule has 0 amide bonds. The van der Waals surface area contributed by atoms with Crippen LogP contribution in [0, 0.1) is 6.92 Å². The quantitative estimate of drug-likeness (QED) is 0.808. The van der Waals surface area contributed by atoms with Crippen LogP contribution < -0.4 is 9.04 Å². The largest absolute Gasteiger partial charge is 0.494 e. The van der Waals surface area contributed by atoms with E-state index in [0.29, 0.717) is 17.3 Å². The van der Waals surface area contributed by atoms with E-state index < -0.39 is 10.0 Å². The Bertz CT molecular complexity index is 940. The molecule has 0 spiro atoms. The molecule has 4 rings (SSSR count). The minimum absolute atomic E-state index is 0.0189. The molecular formula is C21H26N2O3S. The molecule has 2 aliphatic rings. The molecule has 27 heavy (non-hydrogen) atoms. The topological polar surface area (TPSA) is 49.9 Å². The summed E-state index contributed by atoms with van der Waals surface area (Å²) in [6.07, 6.45) is 0.838. The van der Waals surface area contributed by atoms with Gasteiger partial charge in [0.05, 0.1) is 23.2 Å². The molecule has 2 atom stereocenters. The summed E-state index contributed by atoms with van der Waals surface area (Å²) in [7, 11) is -1.52. The number of aryl methyl sites for hydroxylation is 1. The monoisotopic (exact) mass is 386 g/mol. The Balaban J connectivity index is 1.77. The van der Waals surface area contributed by atoms with E-state index in [1.54, 1.807) is 28.6 Å². The first-order valence-electron chi connectivity index (χ1n) is 9.48. The van der Waals surface area contributed by atoms with Crippen molar-refractivity contribution in [1.82, 2.24) is 4.90 Å². The van der Waals surface area contributed by atoms with Gasteiger partial charge in [0.1, 0.15) is 5.75 Å². The van der Waals surface area contributed by atoms with Crippen molar-refractivity contribution in [2.24, 2.45) is 0 Å². The third-order valence-electron chi connectivity index (χ3n) is 5.59. The molecule has 2 aromatic carbocycles. The van der Waals surface area contributed by atoms with Crippen LogP contribution in [0.5, 0.6) is 5.75 Å². The van der Waals surface area contributed by atoms with Crippen molar-refractivity contribution < 1.29 is 13.2 Å². The lowest BCUT2D eigenvalue weighted by atomic mass is 9.89. The molecule has 2 aromatic rings. The van der Waals surface area contributed by atoms with E-state index in [-0.39, 0.29) is 12.0 Å². The minimum Gasteiger partial charge on any atom is -0.494 e. The van der Waals surface area contributed by atoms with Crippen LogP contribution in [0.3, 0.4) is 0 Å². The minimum atomic E-state index is -3.63. The first kappa shape index (κ1) is 18.3. The summed E-state index contributed by atoms with van der Waals surface area (Å²) >= 11 is 0. The molecule has 144 valence electrons. The Hall–Kier alpha value is -2.05. The number of anilines is 1. The van der Waals surface area contributed by atoms with Gasteiger partial charge < -0.3 is 9.64 Å². The van der Waals surface area contributed by atoms with Gasteiger partial charge in [-0.05, 0) is 69.8 Å². The number of hydrogen-bond acceptors (Lipinski definition) is 4. The molecule has 0 aliphatic carbocycles. The number of hydrogen-bond donors (Lipinski definition) is 0. The number of benzene rings is 2. The highest BCUT2D eigenvalue weighted by atomic mass is 32.2. The Morgan fingerprint density at radius 1 is 1.15 bits per heavy atom. The van der Waals surface area contributed by atoms with Crippen LogP contribution in [0.2, 0.25) is 0 Å². The van der Waals surface area contributed by atoms with E-state index >= 15 is 0 Å². The van der Waals surface area contributed by atoms with Crippen LogP contribution in [-0.4, -0.2) is 46.1 Å². The number of piperidine rings is 1. The second-order valence-electron chi connectivity index (χ2n) is 7.49. The molecule has 0 N–H and O–H groups in total. The Labute approximate surface area is 161 Å². The summed E-state index contributed by atoms with van der Waals surface area (Å²) in [6.45, 7) is 6.32. The fraction of sp³-hybridized carbons (Fsp3) is 0.429. The first-order valence-corrected chi connectivity index (χ1v) is 10.9. The van der Waals surface area contributed by atoms with Crippen molar-refractivity contribution in [2.45, 2.75) is 37.1 Å². The number of fused-ring (bicyclic) bond motifs is 3. The van der Waals surface area contributed by atoms with Gasteiger partial charge in [-0.25, -0.2) is 8.42 Å². The van der Waals surface area contributed by atoms with E-state index in [1.807, 2.05) is 19.1 Å². The standard InChI is InChI=1S/C21H26N2O3S/c1-4-26-16-6-8-17(9-7-16)27(24,25)23-20-10-5-15(2)13-18(20)19-14-22(3)12-11-21(19)23/h5-10,13,19,21H,4,11-12,14H2,1-3H3/t19-,21-/m0/s1. The average molecular weight is 387 g/mol. The number of ether oxygens (including phenoxy) is 1. The van der Waals surface area contributed by atoms with Crippen LogP contribution >= 0.6 is 0 Å². The van der Waals surface area contributed by atoms with Gasteiger partial charge in [-0.3, -0.25) is 4.31 Å². The van der Waals surface area contributed by atoms with E-state index in [1.165, 1.54) is 5.56 Å². The fourth-order valence-electron chi connectivity index (χ4n) is 4.33. The SMILES string of the molecule is CCOc1ccc(S(=O)(=O)N2c3ccc(C)cc3[C@@H]3CN(C)CC[C@@H]32)cc1. The predicted octanol–water partition coefficient (Wildman–Crippen LogP) is 3.39. The fourth-order valence-corrected chi connectivity index (χ4v) is 6.08. The molecule has 0 unspecified atom stereocenters. The van der Waals surface area contributed by atoms with Gasteiger partial charge in [-0.1, -0.05) is 17.7 Å². The Kier molecular flexibility index (Phi) is 4.64. The summed E-state index contributed by atoms with van der Waals surface area (Å²) in [6, 6.07) is 12.9. The molecule has 0 saturated carbocycles. The smallest absolute Gasteiger partial charge is 0.264 e. The Morgan fingerprint density at radius 3 is 2.59 bits per heavy atom. The summed E-state index contributed by atoms with van der Waals surface area (Å²) < 4.78 is 34.2. The third kappa shape index (κ3) is 3.11. The van der Waals surface area contributed by atoms with Crippen LogP contribution in [0.1, 0.15) is 30.4 Å². The van der Waals surface area contributed by atoms with E-state index in [0.717, 1.165) is 30.8 Å². The molecule has 6 heteroatoms. The number of rotatable bonds is 4. The van der Waals surface area contributed by atoms with Gasteiger partial charge in [-0.2, -0.15) is 0 Å². The zero-order valence-corrected chi connectivity index (χ0v) is 16.9. The van der Waals surface area contributed by atoms with Crippen LogP contribution in [-0.2, 0) is 10.0 Å². The number of nitrogens with zero attached hydrogens (tertiary/aromatic N) is 2. The van der Waals surface area contributed by atoms with Crippen molar-refractivity contribution in [3.8, 4) is 5.75 Å². The zero-order valence-electron chi connectivity index (χ0n) is 16.1. The molecule has 1 fully saturated rings. The van der Waals surface area contributed by atoms with Gasteiger partial charge in [-0.15, -0.1) is 0 Å². The number of sulfonamides is 1. The summed E-state index contributed by atoms with van der Waals surface area (Å²) in [5, 5.41) is 0. The van der Waals surface area contributed by atoms with Crippen LogP contribution in [0.25, 0.3) is 0 Å². The molecule has 1 saturated heterocycles. The second-order valence-corrected chi connectivity index (χ2v) is 9.31. The highest BCUT2D eigenvalue weighted by Gasteiger charge is 2.46. The molecule has 0 radical (unpaired) electrons. The molecular weight excluding hydrogens is 360 g/mol. The lowest BCUT2D eigenvalue weighted by molar-refractivity contribution is 0.237. The van der Waals surface area contributed by atoms with Crippen LogP contribution in [0.4, 0.5) is 5.69 Å². The summed E-state index contributed by atoms with van der Waals surface area (Å²) in [5.74, 6) is 0.905. The third-order valence-corrected chi connectivity index (χ3v) is 7.45. The Morgan fingerprint density at radius 2 is 1.89 bits per heavy atom.